The van der Waals surface area contributed by atoms with E-state index in [1.54, 1.807) is 0 Å². The number of halogens is 4. The number of hydrogen-bond donors (Lipinski definition) is 1. The lowest BCUT2D eigenvalue weighted by atomic mass is 10.1. The van der Waals surface area contributed by atoms with Crippen molar-refractivity contribution in [2.24, 2.45) is 5.18 Å². The first-order chi connectivity index (χ1) is 9.74. The molecule has 1 aromatic carbocycles. The van der Waals surface area contributed by atoms with Crippen LogP contribution in [0.1, 0.15) is 15.2 Å². The van der Waals surface area contributed by atoms with Crippen LogP contribution >= 0.6 is 22.9 Å². The van der Waals surface area contributed by atoms with Crippen molar-refractivity contribution in [1.82, 2.24) is 0 Å². The smallest absolute Gasteiger partial charge is 0.417 e. The Morgan fingerprint density at radius 3 is 2.43 bits per heavy atom. The zero-order chi connectivity index (χ0) is 15.8. The maximum Gasteiger partial charge on any atom is 0.417 e. The number of hydrogen-bond acceptors (Lipinski definition) is 4. The lowest BCUT2D eigenvalue weighted by molar-refractivity contribution is -0.137. The third kappa shape index (κ3) is 3.06. The van der Waals surface area contributed by atoms with Gasteiger partial charge in [-0.1, -0.05) is 17.7 Å². The number of rotatable bonds is 3. The molecule has 0 fully saturated rings. The van der Waals surface area contributed by atoms with Gasteiger partial charge >= 0.3 is 12.1 Å². The Hall–Kier alpha value is -1.93. The third-order valence-corrected chi connectivity index (χ3v) is 4.05. The highest BCUT2D eigenvalue weighted by atomic mass is 35.5. The first-order valence-corrected chi connectivity index (χ1v) is 6.51. The SMILES string of the molecule is O=Nc1cc(-c2ccc(Cl)c(C(F)(F)F)c2)sc1C(=O)O. The molecule has 2 aromatic rings. The maximum atomic E-state index is 12.8. The summed E-state index contributed by atoms with van der Waals surface area (Å²) >= 11 is 6.17. The minimum absolute atomic E-state index is 0.106. The maximum absolute atomic E-state index is 12.8. The summed E-state index contributed by atoms with van der Waals surface area (Å²) in [7, 11) is 0. The number of nitrogens with zero attached hydrogens (tertiary/aromatic N) is 1. The Morgan fingerprint density at radius 2 is 1.95 bits per heavy atom. The van der Waals surface area contributed by atoms with Gasteiger partial charge in [0.15, 0.2) is 0 Å². The molecule has 1 aromatic heterocycles. The average Bonchev–Trinajstić information content (AvgIpc) is 2.82. The summed E-state index contributed by atoms with van der Waals surface area (Å²) in [5, 5.41) is 11.0. The second-order valence-corrected chi connectivity index (χ2v) is 5.37. The molecule has 0 bridgehead atoms. The van der Waals surface area contributed by atoms with Gasteiger partial charge in [-0.05, 0) is 28.9 Å². The summed E-state index contributed by atoms with van der Waals surface area (Å²) in [5.74, 6) is -1.37. The fourth-order valence-electron chi connectivity index (χ4n) is 1.64. The van der Waals surface area contributed by atoms with Gasteiger partial charge in [0.2, 0.25) is 0 Å². The van der Waals surface area contributed by atoms with Gasteiger partial charge < -0.3 is 5.11 Å². The number of aromatic carboxylic acids is 1. The summed E-state index contributed by atoms with van der Waals surface area (Å²) in [4.78, 5) is 21.3. The fraction of sp³-hybridized carbons (Fsp3) is 0.0833. The average molecular weight is 336 g/mol. The molecule has 2 rings (SSSR count). The zero-order valence-corrected chi connectivity index (χ0v) is 11.5. The predicted molar refractivity (Wildman–Crippen MR) is 72.2 cm³/mol. The van der Waals surface area contributed by atoms with Gasteiger partial charge in [-0.25, -0.2) is 4.79 Å². The van der Waals surface area contributed by atoms with Crippen molar-refractivity contribution in [3.8, 4) is 10.4 Å². The molecule has 110 valence electrons. The van der Waals surface area contributed by atoms with Crippen molar-refractivity contribution in [3.63, 3.8) is 0 Å². The predicted octanol–water partition coefficient (Wildman–Crippen LogP) is 5.18. The minimum atomic E-state index is -4.63. The summed E-state index contributed by atoms with van der Waals surface area (Å²) in [6, 6.07) is 4.30. The topological polar surface area (TPSA) is 66.7 Å². The van der Waals surface area contributed by atoms with Crippen LogP contribution in [-0.4, -0.2) is 11.1 Å². The Bertz CT molecular complexity index is 727. The van der Waals surface area contributed by atoms with E-state index < -0.39 is 22.7 Å². The van der Waals surface area contributed by atoms with Crippen LogP contribution < -0.4 is 0 Å². The van der Waals surface area contributed by atoms with E-state index in [1.807, 2.05) is 0 Å². The largest absolute Gasteiger partial charge is 0.477 e. The van der Waals surface area contributed by atoms with Gasteiger partial charge in [0.1, 0.15) is 10.6 Å². The molecule has 0 aliphatic heterocycles. The van der Waals surface area contributed by atoms with Crippen molar-refractivity contribution in [2.45, 2.75) is 6.18 Å². The van der Waals surface area contributed by atoms with Crippen LogP contribution in [-0.2, 0) is 6.18 Å². The number of nitroso groups, excluding NO2 is 1. The van der Waals surface area contributed by atoms with E-state index >= 15 is 0 Å². The Labute approximate surface area is 124 Å². The van der Waals surface area contributed by atoms with E-state index in [0.717, 1.165) is 18.2 Å². The monoisotopic (exact) mass is 335 g/mol. The summed E-state index contributed by atoms with van der Waals surface area (Å²) in [6.07, 6.45) is -4.63. The molecule has 4 nitrogen and oxygen atoms in total. The second-order valence-electron chi connectivity index (χ2n) is 3.91. The lowest BCUT2D eigenvalue weighted by Gasteiger charge is -2.10. The van der Waals surface area contributed by atoms with E-state index in [-0.39, 0.29) is 21.0 Å². The lowest BCUT2D eigenvalue weighted by Crippen LogP contribution is -2.05. The van der Waals surface area contributed by atoms with Gasteiger partial charge in [-0.15, -0.1) is 16.2 Å². The first-order valence-electron chi connectivity index (χ1n) is 5.31. The van der Waals surface area contributed by atoms with Gasteiger partial charge in [0.05, 0.1) is 10.6 Å². The molecule has 0 unspecified atom stereocenters. The molecule has 0 saturated heterocycles. The normalized spacial score (nSPS) is 11.4. The van der Waals surface area contributed by atoms with Crippen molar-refractivity contribution in [2.75, 3.05) is 0 Å². The molecular formula is C12H5ClF3NO3S. The van der Waals surface area contributed by atoms with Gasteiger partial charge in [-0.2, -0.15) is 13.2 Å². The molecular weight excluding hydrogens is 331 g/mol. The standard InChI is InChI=1S/C12H5ClF3NO3S/c13-7-2-1-5(3-6(7)12(14,15)16)9-4-8(17-20)10(21-9)11(18)19/h1-4H,(H,18,19). The van der Waals surface area contributed by atoms with Gasteiger partial charge in [-0.3, -0.25) is 0 Å². The van der Waals surface area contributed by atoms with Gasteiger partial charge in [0, 0.05) is 4.88 Å². The molecule has 0 aliphatic carbocycles. The highest BCUT2D eigenvalue weighted by Gasteiger charge is 2.33. The van der Waals surface area contributed by atoms with Crippen LogP contribution in [0.2, 0.25) is 5.02 Å². The first kappa shape index (κ1) is 15.5. The highest BCUT2D eigenvalue weighted by Crippen LogP contribution is 2.41. The quantitative estimate of drug-likeness (QED) is 0.785. The number of alkyl halides is 3. The van der Waals surface area contributed by atoms with Crippen molar-refractivity contribution in [1.29, 1.82) is 0 Å². The van der Waals surface area contributed by atoms with Crippen LogP contribution in [0.15, 0.2) is 29.4 Å². The van der Waals surface area contributed by atoms with E-state index in [9.17, 15) is 22.9 Å². The fourth-order valence-corrected chi connectivity index (χ4v) is 2.79. The number of carbonyl (C=O) groups is 1. The third-order valence-electron chi connectivity index (χ3n) is 2.56. The highest BCUT2D eigenvalue weighted by molar-refractivity contribution is 7.17. The van der Waals surface area contributed by atoms with E-state index in [1.165, 1.54) is 6.07 Å². The molecule has 0 amide bonds. The Balaban J connectivity index is 2.58. The summed E-state index contributed by atoms with van der Waals surface area (Å²) in [6.45, 7) is 0. The van der Waals surface area contributed by atoms with Crippen LogP contribution in [0, 0.1) is 4.91 Å². The minimum Gasteiger partial charge on any atom is -0.477 e. The van der Waals surface area contributed by atoms with Crippen molar-refractivity contribution < 1.29 is 23.1 Å². The molecule has 0 aliphatic rings. The van der Waals surface area contributed by atoms with Crippen LogP contribution in [0.4, 0.5) is 18.9 Å². The molecule has 9 heteroatoms. The molecule has 0 radical (unpaired) electrons. The van der Waals surface area contributed by atoms with Gasteiger partial charge in [0.25, 0.3) is 0 Å². The molecule has 0 saturated carbocycles. The molecule has 1 heterocycles. The van der Waals surface area contributed by atoms with Crippen LogP contribution in [0.25, 0.3) is 10.4 Å². The number of carboxylic acids is 1. The van der Waals surface area contributed by atoms with E-state index in [0.29, 0.717) is 11.3 Å². The second kappa shape index (κ2) is 5.45. The molecule has 0 atom stereocenters. The molecule has 1 N–H and O–H groups in total. The summed E-state index contributed by atoms with van der Waals surface area (Å²) in [5.41, 5.74) is -1.26. The Kier molecular flexibility index (Phi) is 4.02. The van der Waals surface area contributed by atoms with E-state index in [4.69, 9.17) is 16.7 Å². The van der Waals surface area contributed by atoms with E-state index in [2.05, 4.69) is 5.18 Å². The van der Waals surface area contributed by atoms with Crippen molar-refractivity contribution in [3.05, 3.63) is 44.6 Å². The Morgan fingerprint density at radius 1 is 1.29 bits per heavy atom. The number of carboxylic acid groups (broad SMARTS) is 1. The molecule has 0 spiro atoms. The summed E-state index contributed by atoms with van der Waals surface area (Å²) < 4.78 is 38.3. The van der Waals surface area contributed by atoms with Crippen molar-refractivity contribution >= 4 is 34.6 Å². The molecule has 21 heavy (non-hydrogen) atoms. The van der Waals surface area contributed by atoms with Crippen LogP contribution in [0.5, 0.6) is 0 Å². The zero-order valence-electron chi connectivity index (χ0n) is 9.94. The number of thiophene rings is 1. The van der Waals surface area contributed by atoms with Crippen LogP contribution in [0.3, 0.4) is 0 Å². The number of benzene rings is 1.